The Morgan fingerprint density at radius 2 is 0.988 bits per heavy atom. The maximum Gasteiger partial charge on any atom is 0.326 e. The average molecular weight is 1210 g/mol. The van der Waals surface area contributed by atoms with E-state index in [1.54, 1.807) is 70.3 Å². The highest BCUT2D eigenvalue weighted by Crippen LogP contribution is 2.20. The summed E-state index contributed by atoms with van der Waals surface area (Å²) < 4.78 is 0. The topological polar surface area (TPSA) is 451 Å². The number of H-pyrrole nitrogens is 1. The van der Waals surface area contributed by atoms with Gasteiger partial charge in [-0.25, -0.2) is 4.79 Å². The molecule has 0 aliphatic heterocycles. The van der Waals surface area contributed by atoms with Crippen LogP contribution in [0.5, 0.6) is 0 Å². The lowest BCUT2D eigenvalue weighted by molar-refractivity contribution is -0.143. The fourth-order valence-electron chi connectivity index (χ4n) is 8.96. The Morgan fingerprint density at radius 1 is 0.529 bits per heavy atom. The third-order valence-electron chi connectivity index (χ3n) is 13.6. The number of unbranched alkanes of at least 4 members (excludes halogenated alkanes) is 1. The zero-order valence-electron chi connectivity index (χ0n) is 49.0. The summed E-state index contributed by atoms with van der Waals surface area (Å²) in [6.07, 6.45) is 1.68. The SMILES string of the molecule is CC(C)C[C@H](NC(=O)[C@H](CO)NC(=O)[C@@H](NC(=O)[C@H](CCCCN)NC(=O)[C@H](CO)NC(=O)[C@H](Cc1ccccc1)NC(=O)[C@H](CS)NC(=O)[C@H](CCC(N)=O)NC(=O)[C@H](Cc1c[nH]c2ccccc12)NC(=O)[C@@H](N)CC(C)C)C(C)C)C(=O)O. The predicted octanol–water partition coefficient (Wildman–Crippen LogP) is -2.21. The molecule has 85 heavy (non-hydrogen) atoms. The Balaban J connectivity index is 1.86. The summed E-state index contributed by atoms with van der Waals surface area (Å²) in [5.41, 5.74) is 19.3. The van der Waals surface area contributed by atoms with Gasteiger partial charge in [-0.2, -0.15) is 12.6 Å². The van der Waals surface area contributed by atoms with Crippen LogP contribution in [0.15, 0.2) is 60.8 Å². The van der Waals surface area contributed by atoms with Crippen LogP contribution in [0, 0.1) is 17.8 Å². The van der Waals surface area contributed by atoms with Crippen molar-refractivity contribution in [1.29, 1.82) is 0 Å². The number of aliphatic hydroxyl groups excluding tert-OH is 2. The molecule has 1 heterocycles. The van der Waals surface area contributed by atoms with E-state index in [1.165, 1.54) is 0 Å². The smallest absolute Gasteiger partial charge is 0.326 e. The number of carbonyl (C=O) groups is 11. The summed E-state index contributed by atoms with van der Waals surface area (Å²) in [5.74, 6) is -11.5. The average Bonchev–Trinajstić information content (AvgIpc) is 3.83. The van der Waals surface area contributed by atoms with E-state index in [0.717, 1.165) is 10.9 Å². The van der Waals surface area contributed by atoms with Gasteiger partial charge in [-0.05, 0) is 80.0 Å². The van der Waals surface area contributed by atoms with Gasteiger partial charge in [-0.15, -0.1) is 0 Å². The minimum Gasteiger partial charge on any atom is -0.480 e. The van der Waals surface area contributed by atoms with E-state index >= 15 is 0 Å². The monoisotopic (exact) mass is 1210 g/mol. The number of nitrogens with one attached hydrogen (secondary N) is 10. The fraction of sp³-hybridized carbons (Fsp3) is 0.561. The number of aliphatic hydroxyl groups is 2. The summed E-state index contributed by atoms with van der Waals surface area (Å²) in [5, 5.41) is 53.5. The molecule has 19 N–H and O–H groups in total. The van der Waals surface area contributed by atoms with Crippen LogP contribution in [0.4, 0.5) is 0 Å². The number of benzene rings is 2. The molecular weight excluding hydrogens is 1120 g/mol. The van der Waals surface area contributed by atoms with Crippen LogP contribution >= 0.6 is 12.6 Å². The lowest BCUT2D eigenvalue weighted by atomic mass is 10.0. The van der Waals surface area contributed by atoms with Gasteiger partial charge >= 0.3 is 5.97 Å². The van der Waals surface area contributed by atoms with Crippen LogP contribution in [-0.2, 0) is 65.6 Å². The first-order valence-corrected chi connectivity index (χ1v) is 29.0. The minimum atomic E-state index is -1.75. The molecule has 0 unspecified atom stereocenters. The molecule has 470 valence electrons. The van der Waals surface area contributed by atoms with Crippen molar-refractivity contribution in [3.63, 3.8) is 0 Å². The van der Waals surface area contributed by atoms with Gasteiger partial charge in [0.1, 0.15) is 54.4 Å². The molecule has 0 bridgehead atoms. The third kappa shape index (κ3) is 24.1. The van der Waals surface area contributed by atoms with Gasteiger partial charge in [0.2, 0.25) is 59.1 Å². The van der Waals surface area contributed by atoms with Crippen LogP contribution < -0.4 is 65.1 Å². The fourth-order valence-corrected chi connectivity index (χ4v) is 9.22. The highest BCUT2D eigenvalue weighted by Gasteiger charge is 2.36. The number of aromatic amines is 1. The number of para-hydroxylation sites is 1. The number of carboxylic acid groups (broad SMARTS) is 1. The van der Waals surface area contributed by atoms with Crippen LogP contribution in [0.25, 0.3) is 10.9 Å². The van der Waals surface area contributed by atoms with Crippen LogP contribution in [0.3, 0.4) is 0 Å². The van der Waals surface area contributed by atoms with E-state index in [1.807, 2.05) is 32.0 Å². The van der Waals surface area contributed by atoms with E-state index in [2.05, 4.69) is 65.5 Å². The first kappa shape index (κ1) is 71.6. The Hall–Kier alpha value is -7.66. The normalized spacial score (nSPS) is 14.9. The van der Waals surface area contributed by atoms with Crippen molar-refractivity contribution in [2.24, 2.45) is 35.0 Å². The zero-order valence-corrected chi connectivity index (χ0v) is 49.9. The molecule has 28 heteroatoms. The molecular formula is C57H87N13O14S. The molecule has 0 radical (unpaired) electrons. The number of amides is 10. The van der Waals surface area contributed by atoms with Crippen molar-refractivity contribution in [1.82, 2.24) is 52.8 Å². The highest BCUT2D eigenvalue weighted by atomic mass is 32.1. The standard InChI is InChI=1S/C57H87N13O14S/c1-30(2)22-36(59)48(74)64-41(25-34-26-61-37-17-11-10-16-35(34)37)52(78)63-39(19-20-46(60)73)49(75)69-45(29-85)55(81)65-40(24-33-14-8-7-9-15-33)51(77)67-43(27-71)53(79)62-38(18-12-13-21-58)50(76)70-47(32(5)6)56(82)68-44(28-72)54(80)66-42(57(83)84)23-31(3)4/h7-11,14-17,26,30-32,36,38-45,47,61,71-72,85H,12-13,18-25,27-29,58-59H2,1-6H3,(H2,60,73)(H,62,79)(H,63,78)(H,64,74)(H,65,81)(H,66,80)(H,67,77)(H,68,82)(H,69,75)(H,70,76)(H,83,84)/t36-,38-,39-,40-,41-,42-,43-,44-,45-,47-/m0/s1. The van der Waals surface area contributed by atoms with Gasteiger partial charge in [0.15, 0.2) is 0 Å². The Morgan fingerprint density at radius 3 is 1.53 bits per heavy atom. The van der Waals surface area contributed by atoms with E-state index < -0.39 is 151 Å². The molecule has 10 atom stereocenters. The maximum atomic E-state index is 14.2. The number of aromatic nitrogens is 1. The number of aliphatic carboxylic acids is 1. The Kier molecular flexibility index (Phi) is 30.5. The van der Waals surface area contributed by atoms with Crippen LogP contribution in [0.2, 0.25) is 0 Å². The summed E-state index contributed by atoms with van der Waals surface area (Å²) in [6, 6.07) is 1.33. The van der Waals surface area contributed by atoms with E-state index in [9.17, 15) is 68.1 Å². The van der Waals surface area contributed by atoms with Crippen LogP contribution in [-0.4, -0.2) is 171 Å². The molecule has 3 aromatic rings. The lowest BCUT2D eigenvalue weighted by Crippen LogP contribution is -2.62. The first-order valence-electron chi connectivity index (χ1n) is 28.3. The summed E-state index contributed by atoms with van der Waals surface area (Å²) in [6.45, 7) is 8.65. The van der Waals surface area contributed by atoms with Gasteiger partial charge in [0.05, 0.1) is 19.3 Å². The predicted molar refractivity (Wildman–Crippen MR) is 318 cm³/mol. The van der Waals surface area contributed by atoms with Gasteiger partial charge < -0.3 is 85.4 Å². The number of nitrogens with two attached hydrogens (primary N) is 3. The molecule has 0 saturated carbocycles. The quantitative estimate of drug-likeness (QED) is 0.0214. The largest absolute Gasteiger partial charge is 0.480 e. The molecule has 0 saturated heterocycles. The van der Waals surface area contributed by atoms with Crippen molar-refractivity contribution in [2.45, 2.75) is 160 Å². The molecule has 0 spiro atoms. The maximum absolute atomic E-state index is 14.2. The summed E-state index contributed by atoms with van der Waals surface area (Å²) in [7, 11) is 0. The summed E-state index contributed by atoms with van der Waals surface area (Å²) >= 11 is 4.30. The lowest BCUT2D eigenvalue weighted by Gasteiger charge is -2.28. The second-order valence-electron chi connectivity index (χ2n) is 22.0. The van der Waals surface area contributed by atoms with Crippen molar-refractivity contribution >= 4 is 88.6 Å². The molecule has 1 aromatic heterocycles. The van der Waals surface area contributed by atoms with Gasteiger partial charge in [-0.3, -0.25) is 47.9 Å². The molecule has 2 aromatic carbocycles. The minimum absolute atomic E-state index is 0.0398. The number of carbonyl (C=O) groups excluding carboxylic acids is 10. The third-order valence-corrected chi connectivity index (χ3v) is 14.0. The first-order chi connectivity index (χ1) is 40.2. The Labute approximate surface area is 499 Å². The number of hydrogen-bond acceptors (Lipinski definition) is 16. The second kappa shape index (κ2) is 36.2. The van der Waals surface area contributed by atoms with E-state index in [0.29, 0.717) is 24.0 Å². The Bertz CT molecular complexity index is 2730. The van der Waals surface area contributed by atoms with Crippen molar-refractivity contribution < 1.29 is 68.1 Å². The second-order valence-corrected chi connectivity index (χ2v) is 22.4. The molecule has 0 aliphatic rings. The molecule has 0 aliphatic carbocycles. The van der Waals surface area contributed by atoms with Gasteiger partial charge in [-0.1, -0.05) is 90.1 Å². The van der Waals surface area contributed by atoms with Crippen molar-refractivity contribution in [2.75, 3.05) is 25.5 Å². The molecule has 10 amide bonds. The molecule has 3 rings (SSSR count). The number of rotatable bonds is 38. The number of thiol groups is 1. The molecule has 0 fully saturated rings. The van der Waals surface area contributed by atoms with Gasteiger partial charge in [0.25, 0.3) is 0 Å². The summed E-state index contributed by atoms with van der Waals surface area (Å²) in [4.78, 5) is 152. The van der Waals surface area contributed by atoms with E-state index in [-0.39, 0.29) is 62.7 Å². The van der Waals surface area contributed by atoms with Crippen molar-refractivity contribution in [3.8, 4) is 0 Å². The number of hydrogen-bond donors (Lipinski definition) is 17. The number of carboxylic acids is 1. The zero-order chi connectivity index (χ0) is 63.5. The van der Waals surface area contributed by atoms with Gasteiger partial charge in [0, 0.05) is 42.1 Å². The van der Waals surface area contributed by atoms with E-state index in [4.69, 9.17) is 17.2 Å². The number of fused-ring (bicyclic) bond motifs is 1. The number of primary amides is 1. The highest BCUT2D eigenvalue weighted by molar-refractivity contribution is 7.80. The van der Waals surface area contributed by atoms with Crippen LogP contribution in [0.1, 0.15) is 97.6 Å². The molecule has 27 nitrogen and oxygen atoms in total. The van der Waals surface area contributed by atoms with Crippen molar-refractivity contribution in [3.05, 3.63) is 71.9 Å².